The number of rotatable bonds is 6. The monoisotopic (exact) mass is 585 g/mol. The summed E-state index contributed by atoms with van der Waals surface area (Å²) in [6.07, 6.45) is -1.14. The van der Waals surface area contributed by atoms with Crippen LogP contribution in [0.4, 0.5) is 27.6 Å². The summed E-state index contributed by atoms with van der Waals surface area (Å²) in [7, 11) is -3.30. The number of hydrogen-bond donors (Lipinski definition) is 2. The molecule has 0 atom stereocenters. The highest BCUT2D eigenvalue weighted by Crippen LogP contribution is 2.34. The van der Waals surface area contributed by atoms with Crippen LogP contribution >= 0.6 is 11.6 Å². The quantitative estimate of drug-likeness (QED) is 0.270. The first kappa shape index (κ1) is 26.3. The van der Waals surface area contributed by atoms with Crippen molar-refractivity contribution >= 4 is 32.8 Å². The van der Waals surface area contributed by atoms with E-state index in [2.05, 4.69) is 20.1 Å². The number of nitrogens with zero attached hydrogens (tertiary/aromatic N) is 5. The van der Waals surface area contributed by atoms with Gasteiger partial charge in [0, 0.05) is 18.0 Å². The minimum Gasteiger partial charge on any atom is -0.480 e. The molecule has 0 aliphatic rings. The molecule has 0 radical (unpaired) electrons. The molecule has 0 unspecified atom stereocenters. The summed E-state index contributed by atoms with van der Waals surface area (Å²) in [4.78, 5) is 10.7. The molecule has 4 aromatic heterocycles. The minimum absolute atomic E-state index is 0.0140. The molecule has 17 heteroatoms. The van der Waals surface area contributed by atoms with Gasteiger partial charge in [-0.2, -0.15) is 18.3 Å². The summed E-state index contributed by atoms with van der Waals surface area (Å²) >= 11 is 5.85. The molecule has 0 saturated carbocycles. The molecule has 0 bridgehead atoms. The Balaban J connectivity index is 1.53. The normalized spacial score (nSPS) is 12.2. The maximum absolute atomic E-state index is 15.5. The summed E-state index contributed by atoms with van der Waals surface area (Å²) in [5.41, 5.74) is -0.971. The van der Waals surface area contributed by atoms with Crippen LogP contribution in [-0.4, -0.2) is 45.1 Å². The third kappa shape index (κ3) is 4.83. The third-order valence-corrected chi connectivity index (χ3v) is 6.96. The Labute approximate surface area is 220 Å². The van der Waals surface area contributed by atoms with Gasteiger partial charge in [0.1, 0.15) is 17.8 Å². The Morgan fingerprint density at radius 1 is 1.13 bits per heavy atom. The Hall–Kier alpha value is -4.31. The number of fused-ring (bicyclic) bond motifs is 1. The van der Waals surface area contributed by atoms with Crippen molar-refractivity contribution in [3.8, 4) is 28.5 Å². The average Bonchev–Trinajstić information content (AvgIpc) is 3.53. The lowest BCUT2D eigenvalue weighted by Crippen LogP contribution is -2.16. The first-order valence-electron chi connectivity index (χ1n) is 10.6. The van der Waals surface area contributed by atoms with Gasteiger partial charge in [0.05, 0.1) is 28.9 Å². The maximum Gasteiger partial charge on any atom is 0.451 e. The predicted octanol–water partition coefficient (Wildman–Crippen LogP) is 4.94. The van der Waals surface area contributed by atoms with Crippen LogP contribution in [0.1, 0.15) is 5.82 Å². The van der Waals surface area contributed by atoms with Crippen molar-refractivity contribution < 1.29 is 35.1 Å². The first-order valence-corrected chi connectivity index (χ1v) is 12.4. The zero-order chi connectivity index (χ0) is 28.1. The second-order valence-corrected chi connectivity index (χ2v) is 9.95. The van der Waals surface area contributed by atoms with E-state index < -0.39 is 49.8 Å². The topological polar surface area (TPSA) is 127 Å². The van der Waals surface area contributed by atoms with Gasteiger partial charge in [-0.25, -0.2) is 32.2 Å². The molecule has 39 heavy (non-hydrogen) atoms. The molecule has 202 valence electrons. The fraction of sp³-hybridized carbons (Fsp3) is 0.0909. The van der Waals surface area contributed by atoms with E-state index in [-0.39, 0.29) is 33.5 Å². The molecule has 2 N–H and O–H groups in total. The van der Waals surface area contributed by atoms with Crippen LogP contribution in [0.25, 0.3) is 28.2 Å². The maximum atomic E-state index is 15.5. The Morgan fingerprint density at radius 3 is 2.59 bits per heavy atom. The zero-order valence-electron chi connectivity index (χ0n) is 19.3. The second-order valence-electron chi connectivity index (χ2n) is 7.86. The number of methoxy groups -OCH3 is 1. The molecule has 5 rings (SSSR count). The van der Waals surface area contributed by atoms with Gasteiger partial charge in [-0.15, -0.1) is 0 Å². The zero-order valence-corrected chi connectivity index (χ0v) is 20.8. The van der Waals surface area contributed by atoms with E-state index in [0.717, 1.165) is 24.4 Å². The third-order valence-electron chi connectivity index (χ3n) is 5.39. The van der Waals surface area contributed by atoms with Gasteiger partial charge in [-0.05, 0) is 24.3 Å². The van der Waals surface area contributed by atoms with Crippen molar-refractivity contribution in [2.75, 3.05) is 11.8 Å². The van der Waals surface area contributed by atoms with Gasteiger partial charge in [-0.3, -0.25) is 9.82 Å². The van der Waals surface area contributed by atoms with Gasteiger partial charge >= 0.3 is 6.18 Å². The molecule has 0 saturated heterocycles. The summed E-state index contributed by atoms with van der Waals surface area (Å²) < 4.78 is 103. The SMILES string of the molecule is COc1ncc(Cl)cc1S(=O)(=O)Nc1ccc(F)c(-c2ccc3c(-c4n[nH]c(C(F)(F)F)n4)ncn3c2)c1F. The molecule has 0 amide bonds. The van der Waals surface area contributed by atoms with Crippen molar-refractivity contribution in [1.82, 2.24) is 29.5 Å². The molecule has 1 aromatic carbocycles. The second kappa shape index (κ2) is 9.46. The summed E-state index contributed by atoms with van der Waals surface area (Å²) in [5.74, 6) is -4.20. The van der Waals surface area contributed by atoms with Crippen molar-refractivity contribution in [3.63, 3.8) is 0 Å². The number of sulfonamides is 1. The summed E-state index contributed by atoms with van der Waals surface area (Å²) in [6, 6.07) is 5.43. The van der Waals surface area contributed by atoms with Gasteiger partial charge in [0.2, 0.25) is 17.5 Å². The van der Waals surface area contributed by atoms with Crippen molar-refractivity contribution in [3.05, 3.63) is 71.5 Å². The van der Waals surface area contributed by atoms with Crippen LogP contribution in [0.15, 0.2) is 53.9 Å². The number of halogens is 6. The Kier molecular flexibility index (Phi) is 6.38. The highest BCUT2D eigenvalue weighted by Gasteiger charge is 2.35. The van der Waals surface area contributed by atoms with Gasteiger partial charge in [-0.1, -0.05) is 17.7 Å². The Bertz CT molecular complexity index is 1840. The highest BCUT2D eigenvalue weighted by atomic mass is 35.5. The van der Waals surface area contributed by atoms with E-state index in [0.29, 0.717) is 0 Å². The summed E-state index contributed by atoms with van der Waals surface area (Å²) in [5, 5.41) is 5.30. The average molecular weight is 586 g/mol. The highest BCUT2D eigenvalue weighted by molar-refractivity contribution is 7.92. The van der Waals surface area contributed by atoms with Crippen LogP contribution < -0.4 is 9.46 Å². The lowest BCUT2D eigenvalue weighted by atomic mass is 10.0. The van der Waals surface area contributed by atoms with Crippen LogP contribution in [0.5, 0.6) is 5.88 Å². The number of anilines is 1. The largest absolute Gasteiger partial charge is 0.480 e. The van der Waals surface area contributed by atoms with Crippen molar-refractivity contribution in [1.29, 1.82) is 0 Å². The van der Waals surface area contributed by atoms with Crippen molar-refractivity contribution in [2.45, 2.75) is 11.1 Å². The predicted molar refractivity (Wildman–Crippen MR) is 128 cm³/mol. The fourth-order valence-electron chi connectivity index (χ4n) is 3.66. The summed E-state index contributed by atoms with van der Waals surface area (Å²) in [6.45, 7) is 0. The number of benzene rings is 1. The first-order chi connectivity index (χ1) is 18.4. The van der Waals surface area contributed by atoms with Crippen molar-refractivity contribution in [2.24, 2.45) is 0 Å². The van der Waals surface area contributed by atoms with E-state index in [4.69, 9.17) is 16.3 Å². The molecule has 10 nitrogen and oxygen atoms in total. The number of nitrogens with one attached hydrogen (secondary N) is 2. The van der Waals surface area contributed by atoms with Crippen LogP contribution in [0.2, 0.25) is 5.02 Å². The van der Waals surface area contributed by atoms with Gasteiger partial charge < -0.3 is 9.14 Å². The number of imidazole rings is 1. The number of alkyl halides is 3. The molecular formula is C22H13ClF5N7O3S. The fourth-order valence-corrected chi connectivity index (χ4v) is 5.09. The Morgan fingerprint density at radius 2 is 1.90 bits per heavy atom. The van der Waals surface area contributed by atoms with Crippen LogP contribution in [-0.2, 0) is 16.2 Å². The van der Waals surface area contributed by atoms with Crippen LogP contribution in [0, 0.1) is 11.6 Å². The molecule has 0 fully saturated rings. The number of aromatic amines is 1. The molecule has 0 aliphatic heterocycles. The smallest absolute Gasteiger partial charge is 0.451 e. The molecule has 4 heterocycles. The number of H-pyrrole nitrogens is 1. The van der Waals surface area contributed by atoms with E-state index in [1.54, 1.807) is 5.10 Å². The van der Waals surface area contributed by atoms with Gasteiger partial charge in [0.25, 0.3) is 10.0 Å². The lowest BCUT2D eigenvalue weighted by molar-refractivity contribution is -0.144. The molecule has 5 aromatic rings. The minimum atomic E-state index is -4.75. The molecular weight excluding hydrogens is 573 g/mol. The van der Waals surface area contributed by atoms with Crippen LogP contribution in [0.3, 0.4) is 0 Å². The number of aromatic nitrogens is 6. The molecule has 0 aliphatic carbocycles. The van der Waals surface area contributed by atoms with E-state index in [1.165, 1.54) is 36.2 Å². The van der Waals surface area contributed by atoms with E-state index in [1.807, 2.05) is 4.72 Å². The van der Waals surface area contributed by atoms with Gasteiger partial charge in [0.15, 0.2) is 10.7 Å². The lowest BCUT2D eigenvalue weighted by Gasteiger charge is -2.14. The molecule has 0 spiro atoms. The van der Waals surface area contributed by atoms with E-state index >= 15 is 4.39 Å². The standard InChI is InChI=1S/C22H13ClF5N7O3S/c1-38-20-15(6-11(23)7-29-20)39(36,37)34-13-4-3-12(24)16(17(13)25)10-2-5-14-18(30-9-35(14)8-10)19-31-21(33-32-19)22(26,27)28/h2-9,34H,1H3,(H,31,32,33). The number of pyridine rings is 2. The number of ether oxygens (including phenoxy) is 1. The number of hydrogen-bond acceptors (Lipinski definition) is 7. The van der Waals surface area contributed by atoms with E-state index in [9.17, 15) is 26.0 Å².